The highest BCUT2D eigenvalue weighted by atomic mass is 16.2. The number of carbonyl (C=O) groups excluding carboxylic acids is 2. The topological polar surface area (TPSA) is 61.4 Å². The van der Waals surface area contributed by atoms with Gasteiger partial charge in [-0.25, -0.2) is 4.79 Å². The Bertz CT molecular complexity index is 518. The second kappa shape index (κ2) is 16.0. The lowest BCUT2D eigenvalue weighted by molar-refractivity contribution is -0.125. The summed E-state index contributed by atoms with van der Waals surface area (Å²) in [6.45, 7) is 14.4. The summed E-state index contributed by atoms with van der Waals surface area (Å²) < 4.78 is 0. The molecular weight excluding hydrogens is 350 g/mol. The molecule has 1 atom stereocenters. The molecule has 1 aliphatic carbocycles. The van der Waals surface area contributed by atoms with Crippen LogP contribution in [0.4, 0.5) is 4.79 Å². The van der Waals surface area contributed by atoms with Gasteiger partial charge in [0.2, 0.25) is 5.91 Å². The number of allylic oxidation sites excluding steroid dienone is 3. The van der Waals surface area contributed by atoms with E-state index in [2.05, 4.69) is 17.2 Å². The van der Waals surface area contributed by atoms with Crippen molar-refractivity contribution < 1.29 is 9.59 Å². The fraction of sp³-hybridized carbons (Fsp3) is 0.652. The van der Waals surface area contributed by atoms with E-state index in [9.17, 15) is 9.59 Å². The zero-order valence-electron chi connectivity index (χ0n) is 18.6. The second-order valence-electron chi connectivity index (χ2n) is 6.88. The van der Waals surface area contributed by atoms with Gasteiger partial charge in [0.25, 0.3) is 0 Å². The van der Waals surface area contributed by atoms with Crippen LogP contribution in [0.25, 0.3) is 0 Å². The van der Waals surface area contributed by atoms with Crippen molar-refractivity contribution >= 4 is 11.9 Å². The Balaban J connectivity index is 0.00000352. The molecule has 1 unspecified atom stereocenters. The molecule has 5 nitrogen and oxygen atoms in total. The molecule has 3 amide bonds. The number of hydrogen-bond acceptors (Lipinski definition) is 2. The van der Waals surface area contributed by atoms with Gasteiger partial charge in [-0.05, 0) is 39.2 Å². The van der Waals surface area contributed by atoms with Crippen molar-refractivity contribution in [3.05, 3.63) is 36.5 Å². The van der Waals surface area contributed by atoms with Crippen LogP contribution in [0.2, 0.25) is 0 Å². The lowest BCUT2D eigenvalue weighted by Crippen LogP contribution is -2.53. The molecule has 1 fully saturated rings. The fourth-order valence-corrected chi connectivity index (χ4v) is 3.10. The zero-order chi connectivity index (χ0) is 21.4. The Morgan fingerprint density at radius 1 is 1.14 bits per heavy atom. The molecule has 0 aromatic carbocycles. The summed E-state index contributed by atoms with van der Waals surface area (Å²) in [6.07, 6.45) is 14.4. The Morgan fingerprint density at radius 3 is 2.29 bits per heavy atom. The maximum absolute atomic E-state index is 12.7. The molecule has 28 heavy (non-hydrogen) atoms. The zero-order valence-corrected chi connectivity index (χ0v) is 18.6. The van der Waals surface area contributed by atoms with Gasteiger partial charge in [0, 0.05) is 19.1 Å². The third-order valence-electron chi connectivity index (χ3n) is 4.65. The maximum Gasteiger partial charge on any atom is 0.318 e. The summed E-state index contributed by atoms with van der Waals surface area (Å²) in [5.41, 5.74) is 0.781. The number of carbonyl (C=O) groups is 2. The Hall–Kier alpha value is -2.04. The van der Waals surface area contributed by atoms with E-state index in [1.807, 2.05) is 52.0 Å². The summed E-state index contributed by atoms with van der Waals surface area (Å²) in [5.74, 6) is -0.0895. The Kier molecular flexibility index (Phi) is 14.8. The molecule has 0 aliphatic heterocycles. The number of rotatable bonds is 8. The van der Waals surface area contributed by atoms with Gasteiger partial charge in [-0.3, -0.25) is 4.79 Å². The van der Waals surface area contributed by atoms with Gasteiger partial charge in [0.1, 0.15) is 6.04 Å². The summed E-state index contributed by atoms with van der Waals surface area (Å²) in [4.78, 5) is 26.7. The van der Waals surface area contributed by atoms with Gasteiger partial charge in [-0.1, -0.05) is 70.4 Å². The monoisotopic (exact) mass is 391 g/mol. The van der Waals surface area contributed by atoms with E-state index in [-0.39, 0.29) is 18.0 Å². The van der Waals surface area contributed by atoms with Crippen molar-refractivity contribution in [3.63, 3.8) is 0 Å². The average Bonchev–Trinajstić information content (AvgIpc) is 2.96. The van der Waals surface area contributed by atoms with Crippen LogP contribution in [0, 0.1) is 0 Å². The van der Waals surface area contributed by atoms with Gasteiger partial charge in [-0.2, -0.15) is 0 Å². The SMILES string of the molecule is C=C(/C=C\C=C/C)CN(C(=O)NCC)C(C)C(=O)NC1CCCCCC1.CC. The van der Waals surface area contributed by atoms with Crippen LogP contribution in [0.15, 0.2) is 36.5 Å². The maximum atomic E-state index is 12.7. The number of urea groups is 1. The van der Waals surface area contributed by atoms with Crippen molar-refractivity contribution in [2.75, 3.05) is 13.1 Å². The standard InChI is InChI=1S/C21H35N3O2.C2H6/c1-5-7-10-13-17(3)16-24(21(26)22-6-2)18(4)20(25)23-19-14-11-8-9-12-15-19;1-2/h5,7,10,13,18-19H,3,6,8-9,11-12,14-16H2,1-2,4H3,(H,22,26)(H,23,25);1-2H3/b7-5-,13-10-;. The van der Waals surface area contributed by atoms with E-state index < -0.39 is 6.04 Å². The molecule has 0 aromatic heterocycles. The van der Waals surface area contributed by atoms with Crippen molar-refractivity contribution in [3.8, 4) is 0 Å². The third kappa shape index (κ3) is 10.3. The first-order valence-corrected chi connectivity index (χ1v) is 10.8. The molecule has 160 valence electrons. The highest BCUT2D eigenvalue weighted by Gasteiger charge is 2.27. The van der Waals surface area contributed by atoms with E-state index in [4.69, 9.17) is 0 Å². The number of amides is 3. The van der Waals surface area contributed by atoms with Gasteiger partial charge < -0.3 is 15.5 Å². The van der Waals surface area contributed by atoms with Crippen LogP contribution in [-0.4, -0.2) is 42.0 Å². The molecule has 0 aromatic rings. The van der Waals surface area contributed by atoms with E-state index >= 15 is 0 Å². The molecule has 0 heterocycles. The first-order valence-electron chi connectivity index (χ1n) is 10.8. The lowest BCUT2D eigenvalue weighted by atomic mass is 10.1. The summed E-state index contributed by atoms with van der Waals surface area (Å²) >= 11 is 0. The highest BCUT2D eigenvalue weighted by Crippen LogP contribution is 2.17. The first-order chi connectivity index (χ1) is 13.5. The smallest absolute Gasteiger partial charge is 0.318 e. The summed E-state index contributed by atoms with van der Waals surface area (Å²) in [5, 5.41) is 5.94. The van der Waals surface area contributed by atoms with Crippen LogP contribution < -0.4 is 10.6 Å². The number of nitrogens with zero attached hydrogens (tertiary/aromatic N) is 1. The largest absolute Gasteiger partial charge is 0.352 e. The van der Waals surface area contributed by atoms with Gasteiger partial charge in [0.15, 0.2) is 0 Å². The third-order valence-corrected chi connectivity index (χ3v) is 4.65. The molecule has 0 radical (unpaired) electrons. The van der Waals surface area contributed by atoms with Crippen molar-refractivity contribution in [1.29, 1.82) is 0 Å². The quantitative estimate of drug-likeness (QED) is 0.454. The van der Waals surface area contributed by atoms with Gasteiger partial charge in [0.05, 0.1) is 0 Å². The minimum atomic E-state index is -0.545. The summed E-state index contributed by atoms with van der Waals surface area (Å²) in [6, 6.07) is -0.561. The molecule has 1 rings (SSSR count). The van der Waals surface area contributed by atoms with E-state index in [1.165, 1.54) is 12.8 Å². The Morgan fingerprint density at radius 2 is 1.75 bits per heavy atom. The lowest BCUT2D eigenvalue weighted by Gasteiger charge is -2.30. The van der Waals surface area contributed by atoms with Crippen LogP contribution in [-0.2, 0) is 4.79 Å². The molecule has 1 saturated carbocycles. The normalized spacial score (nSPS) is 16.0. The number of nitrogens with one attached hydrogen (secondary N) is 2. The molecule has 0 saturated heterocycles. The van der Waals surface area contributed by atoms with Crippen LogP contribution >= 0.6 is 0 Å². The van der Waals surface area contributed by atoms with E-state index in [0.717, 1.165) is 31.3 Å². The van der Waals surface area contributed by atoms with E-state index in [0.29, 0.717) is 13.1 Å². The predicted molar refractivity (Wildman–Crippen MR) is 119 cm³/mol. The van der Waals surface area contributed by atoms with Gasteiger partial charge in [-0.15, -0.1) is 0 Å². The highest BCUT2D eigenvalue weighted by molar-refractivity contribution is 5.87. The fourth-order valence-electron chi connectivity index (χ4n) is 3.10. The van der Waals surface area contributed by atoms with Crippen molar-refractivity contribution in [2.45, 2.75) is 85.2 Å². The minimum absolute atomic E-state index is 0.0895. The van der Waals surface area contributed by atoms with Crippen LogP contribution in [0.5, 0.6) is 0 Å². The summed E-state index contributed by atoms with van der Waals surface area (Å²) in [7, 11) is 0. The Labute approximate surface area is 172 Å². The molecular formula is C23H41N3O2. The molecule has 1 aliphatic rings. The molecule has 2 N–H and O–H groups in total. The molecule has 5 heteroatoms. The molecule has 0 spiro atoms. The van der Waals surface area contributed by atoms with Crippen LogP contribution in [0.1, 0.15) is 73.1 Å². The van der Waals surface area contributed by atoms with Crippen molar-refractivity contribution in [1.82, 2.24) is 15.5 Å². The minimum Gasteiger partial charge on any atom is -0.352 e. The number of hydrogen-bond donors (Lipinski definition) is 2. The second-order valence-corrected chi connectivity index (χ2v) is 6.88. The van der Waals surface area contributed by atoms with Crippen LogP contribution in [0.3, 0.4) is 0 Å². The van der Waals surface area contributed by atoms with E-state index in [1.54, 1.807) is 11.8 Å². The van der Waals surface area contributed by atoms with Gasteiger partial charge >= 0.3 is 6.03 Å². The van der Waals surface area contributed by atoms with Crippen molar-refractivity contribution in [2.24, 2.45) is 0 Å². The predicted octanol–water partition coefficient (Wildman–Crippen LogP) is 4.96. The first kappa shape index (κ1) is 26.0. The molecule has 0 bridgehead atoms. The average molecular weight is 392 g/mol.